The van der Waals surface area contributed by atoms with Crippen molar-refractivity contribution in [2.75, 3.05) is 6.54 Å². The lowest BCUT2D eigenvalue weighted by Crippen LogP contribution is -2.54. The molecule has 2 saturated heterocycles. The van der Waals surface area contributed by atoms with Crippen molar-refractivity contribution in [3.05, 3.63) is 0 Å². The maximum Gasteiger partial charge on any atom is 0.245 e. The number of piperidine rings is 1. The summed E-state index contributed by atoms with van der Waals surface area (Å²) in [6, 6.07) is -0.726. The zero-order chi connectivity index (χ0) is 13.8. The summed E-state index contributed by atoms with van der Waals surface area (Å²) < 4.78 is 0. The summed E-state index contributed by atoms with van der Waals surface area (Å²) in [5.41, 5.74) is 0. The Balaban J connectivity index is 2.07. The Bertz CT molecular complexity index is 381. The quantitative estimate of drug-likeness (QED) is 0.811. The molecule has 5 nitrogen and oxygen atoms in total. The monoisotopic (exact) mass is 266 g/mol. The summed E-state index contributed by atoms with van der Waals surface area (Å²) in [5.74, 6) is -0.0737. The predicted molar refractivity (Wildman–Crippen MR) is 70.4 cm³/mol. The first-order valence-electron chi connectivity index (χ1n) is 7.20. The average Bonchev–Trinajstić information content (AvgIpc) is 2.62. The normalized spacial score (nSPS) is 28.5. The van der Waals surface area contributed by atoms with Crippen molar-refractivity contribution in [3.8, 4) is 0 Å². The topological polar surface area (TPSA) is 66.5 Å². The second kappa shape index (κ2) is 6.17. The minimum Gasteiger partial charge on any atom is -0.344 e. The lowest BCUT2D eigenvalue weighted by atomic mass is 9.97. The van der Waals surface area contributed by atoms with Gasteiger partial charge in [0.05, 0.1) is 6.04 Å². The van der Waals surface area contributed by atoms with Crippen molar-refractivity contribution in [1.29, 1.82) is 0 Å². The number of carbonyl (C=O) groups excluding carboxylic acids is 3. The van der Waals surface area contributed by atoms with E-state index in [1.807, 2.05) is 0 Å². The Hall–Kier alpha value is -1.39. The average molecular weight is 266 g/mol. The van der Waals surface area contributed by atoms with E-state index in [1.165, 1.54) is 0 Å². The highest BCUT2D eigenvalue weighted by atomic mass is 16.2. The van der Waals surface area contributed by atoms with Crippen LogP contribution in [0.1, 0.15) is 51.9 Å². The molecule has 2 amide bonds. The van der Waals surface area contributed by atoms with Gasteiger partial charge in [-0.1, -0.05) is 6.42 Å². The van der Waals surface area contributed by atoms with Gasteiger partial charge in [-0.3, -0.25) is 14.4 Å². The van der Waals surface area contributed by atoms with Crippen LogP contribution in [-0.4, -0.2) is 41.1 Å². The molecule has 1 N–H and O–H groups in total. The van der Waals surface area contributed by atoms with Crippen LogP contribution >= 0.6 is 0 Å². The molecule has 2 atom stereocenters. The number of Topliss-reactive ketones (excluding diaryl/α,β-unsaturated/α-hetero) is 1. The molecule has 1 unspecified atom stereocenters. The molecule has 0 radical (unpaired) electrons. The zero-order valence-corrected chi connectivity index (χ0v) is 11.5. The Morgan fingerprint density at radius 2 is 1.89 bits per heavy atom. The maximum atomic E-state index is 12.5. The molecule has 0 aliphatic carbocycles. The molecule has 5 heteroatoms. The first-order chi connectivity index (χ1) is 9.09. The van der Waals surface area contributed by atoms with Gasteiger partial charge in [-0.15, -0.1) is 0 Å². The molecular formula is C14H22N2O3. The highest BCUT2D eigenvalue weighted by Gasteiger charge is 2.34. The zero-order valence-electron chi connectivity index (χ0n) is 11.5. The number of nitrogens with one attached hydrogen (secondary N) is 1. The SMILES string of the molecule is CC(=O)[C@@H]1CCCCN1C(=O)C1CCCCC(=O)N1. The van der Waals surface area contributed by atoms with E-state index in [0.29, 0.717) is 19.4 Å². The van der Waals surface area contributed by atoms with Gasteiger partial charge in [0.1, 0.15) is 6.04 Å². The third-order valence-corrected chi connectivity index (χ3v) is 4.04. The van der Waals surface area contributed by atoms with E-state index in [1.54, 1.807) is 11.8 Å². The summed E-state index contributed by atoms with van der Waals surface area (Å²) in [6.45, 7) is 2.18. The second-order valence-electron chi connectivity index (χ2n) is 5.52. The predicted octanol–water partition coefficient (Wildman–Crippen LogP) is 1.02. The van der Waals surface area contributed by atoms with Gasteiger partial charge in [0, 0.05) is 13.0 Å². The van der Waals surface area contributed by atoms with Crippen LogP contribution < -0.4 is 5.32 Å². The molecule has 2 heterocycles. The number of hydrogen-bond donors (Lipinski definition) is 1. The second-order valence-corrected chi connectivity index (χ2v) is 5.52. The van der Waals surface area contributed by atoms with Crippen LogP contribution in [0.15, 0.2) is 0 Å². The van der Waals surface area contributed by atoms with Crippen LogP contribution in [0.4, 0.5) is 0 Å². The van der Waals surface area contributed by atoms with Gasteiger partial charge in [-0.05, 0) is 39.0 Å². The van der Waals surface area contributed by atoms with Crippen LogP contribution in [0.3, 0.4) is 0 Å². The molecule has 2 rings (SSSR count). The number of amides is 2. The number of ketones is 1. The lowest BCUT2D eigenvalue weighted by Gasteiger charge is -2.36. The van der Waals surface area contributed by atoms with E-state index in [-0.39, 0.29) is 23.6 Å². The Morgan fingerprint density at radius 3 is 2.63 bits per heavy atom. The number of hydrogen-bond acceptors (Lipinski definition) is 3. The highest BCUT2D eigenvalue weighted by Crippen LogP contribution is 2.21. The van der Waals surface area contributed by atoms with Crippen molar-refractivity contribution in [1.82, 2.24) is 10.2 Å². The minimum absolute atomic E-state index is 0.0489. The minimum atomic E-state index is -0.435. The van der Waals surface area contributed by atoms with Gasteiger partial charge in [-0.25, -0.2) is 0 Å². The van der Waals surface area contributed by atoms with E-state index < -0.39 is 6.04 Å². The lowest BCUT2D eigenvalue weighted by molar-refractivity contribution is -0.143. The smallest absolute Gasteiger partial charge is 0.245 e. The number of carbonyl (C=O) groups is 3. The molecule has 19 heavy (non-hydrogen) atoms. The van der Waals surface area contributed by atoms with Crippen molar-refractivity contribution >= 4 is 17.6 Å². The molecule has 2 fully saturated rings. The highest BCUT2D eigenvalue weighted by molar-refractivity contribution is 5.92. The van der Waals surface area contributed by atoms with E-state index in [0.717, 1.165) is 32.1 Å². The van der Waals surface area contributed by atoms with Crippen LogP contribution in [0, 0.1) is 0 Å². The van der Waals surface area contributed by atoms with E-state index in [9.17, 15) is 14.4 Å². The van der Waals surface area contributed by atoms with Crippen LogP contribution in [0.25, 0.3) is 0 Å². The molecule has 2 aliphatic rings. The van der Waals surface area contributed by atoms with E-state index in [4.69, 9.17) is 0 Å². The third-order valence-electron chi connectivity index (χ3n) is 4.04. The first kappa shape index (κ1) is 14.0. The van der Waals surface area contributed by atoms with Gasteiger partial charge in [0.2, 0.25) is 11.8 Å². The van der Waals surface area contributed by atoms with Crippen molar-refractivity contribution in [2.45, 2.75) is 64.0 Å². The molecule has 0 bridgehead atoms. The molecular weight excluding hydrogens is 244 g/mol. The van der Waals surface area contributed by atoms with E-state index >= 15 is 0 Å². The van der Waals surface area contributed by atoms with Gasteiger partial charge < -0.3 is 10.2 Å². The largest absolute Gasteiger partial charge is 0.344 e. The molecule has 0 saturated carbocycles. The fourth-order valence-electron chi connectivity index (χ4n) is 2.98. The molecule has 0 aromatic carbocycles. The fourth-order valence-corrected chi connectivity index (χ4v) is 2.98. The molecule has 106 valence electrons. The molecule has 0 aromatic rings. The Morgan fingerprint density at radius 1 is 1.16 bits per heavy atom. The molecule has 2 aliphatic heterocycles. The Labute approximate surface area is 113 Å². The van der Waals surface area contributed by atoms with Crippen molar-refractivity contribution in [3.63, 3.8) is 0 Å². The van der Waals surface area contributed by atoms with Crippen LogP contribution in [-0.2, 0) is 14.4 Å². The summed E-state index contributed by atoms with van der Waals surface area (Å²) >= 11 is 0. The summed E-state index contributed by atoms with van der Waals surface area (Å²) in [6.07, 6.45) is 5.59. The third kappa shape index (κ3) is 3.33. The van der Waals surface area contributed by atoms with Gasteiger partial charge in [0.15, 0.2) is 5.78 Å². The summed E-state index contributed by atoms with van der Waals surface area (Å²) in [7, 11) is 0. The van der Waals surface area contributed by atoms with Crippen LogP contribution in [0.2, 0.25) is 0 Å². The first-order valence-corrected chi connectivity index (χ1v) is 7.20. The van der Waals surface area contributed by atoms with Gasteiger partial charge in [-0.2, -0.15) is 0 Å². The number of nitrogens with zero attached hydrogens (tertiary/aromatic N) is 1. The van der Waals surface area contributed by atoms with Crippen molar-refractivity contribution < 1.29 is 14.4 Å². The standard InChI is InChI=1S/C14H22N2O3/c1-10(17)12-7-4-5-9-16(12)14(19)11-6-2-3-8-13(18)15-11/h11-12H,2-9H2,1H3,(H,15,18)/t11?,12-/m0/s1. The van der Waals surface area contributed by atoms with E-state index in [2.05, 4.69) is 5.32 Å². The Kier molecular flexibility index (Phi) is 4.56. The van der Waals surface area contributed by atoms with Gasteiger partial charge in [0.25, 0.3) is 0 Å². The van der Waals surface area contributed by atoms with Crippen LogP contribution in [0.5, 0.6) is 0 Å². The maximum absolute atomic E-state index is 12.5. The number of rotatable bonds is 2. The molecule has 0 spiro atoms. The molecule has 0 aromatic heterocycles. The van der Waals surface area contributed by atoms with Gasteiger partial charge >= 0.3 is 0 Å². The fraction of sp³-hybridized carbons (Fsp3) is 0.786. The summed E-state index contributed by atoms with van der Waals surface area (Å²) in [5, 5.41) is 2.79. The number of likely N-dealkylation sites (tertiary alicyclic amines) is 1. The summed E-state index contributed by atoms with van der Waals surface area (Å²) in [4.78, 5) is 37.4. The van der Waals surface area contributed by atoms with Crippen molar-refractivity contribution in [2.24, 2.45) is 0 Å².